The molecule has 1 aliphatic rings. The SMILES string of the molecule is COc1ccc2cc(C(=O)NCC3(O)CCCC3)c(C)nc2c1. The highest BCUT2D eigenvalue weighted by molar-refractivity contribution is 5.98. The van der Waals surface area contributed by atoms with Gasteiger partial charge in [-0.25, -0.2) is 0 Å². The van der Waals surface area contributed by atoms with Crippen molar-refractivity contribution in [3.05, 3.63) is 35.5 Å². The predicted molar refractivity (Wildman–Crippen MR) is 88.8 cm³/mol. The molecule has 0 spiro atoms. The summed E-state index contributed by atoms with van der Waals surface area (Å²) in [6.45, 7) is 2.12. The summed E-state index contributed by atoms with van der Waals surface area (Å²) < 4.78 is 5.20. The van der Waals surface area contributed by atoms with Crippen LogP contribution in [0.25, 0.3) is 10.9 Å². The molecule has 1 amide bonds. The van der Waals surface area contributed by atoms with E-state index in [1.807, 2.05) is 31.2 Å². The molecule has 5 nitrogen and oxygen atoms in total. The van der Waals surface area contributed by atoms with Gasteiger partial charge in [-0.15, -0.1) is 0 Å². The first kappa shape index (κ1) is 15.7. The maximum atomic E-state index is 12.4. The lowest BCUT2D eigenvalue weighted by Gasteiger charge is -2.22. The molecule has 1 saturated carbocycles. The Kier molecular flexibility index (Phi) is 4.22. The first-order chi connectivity index (χ1) is 11.0. The van der Waals surface area contributed by atoms with Crippen LogP contribution in [0.2, 0.25) is 0 Å². The molecular weight excluding hydrogens is 292 g/mol. The number of amides is 1. The van der Waals surface area contributed by atoms with Gasteiger partial charge in [-0.05, 0) is 38.0 Å². The summed E-state index contributed by atoms with van der Waals surface area (Å²) in [5, 5.41) is 14.1. The van der Waals surface area contributed by atoms with Crippen molar-refractivity contribution in [2.75, 3.05) is 13.7 Å². The number of nitrogens with zero attached hydrogens (tertiary/aromatic N) is 1. The van der Waals surface area contributed by atoms with Crippen molar-refractivity contribution in [1.82, 2.24) is 10.3 Å². The lowest BCUT2D eigenvalue weighted by molar-refractivity contribution is 0.0449. The molecule has 2 N–H and O–H groups in total. The van der Waals surface area contributed by atoms with E-state index >= 15 is 0 Å². The quantitative estimate of drug-likeness (QED) is 0.910. The van der Waals surface area contributed by atoms with Crippen molar-refractivity contribution in [2.24, 2.45) is 0 Å². The molecule has 23 heavy (non-hydrogen) atoms. The first-order valence-electron chi connectivity index (χ1n) is 7.97. The van der Waals surface area contributed by atoms with Crippen molar-refractivity contribution in [1.29, 1.82) is 0 Å². The van der Waals surface area contributed by atoms with Gasteiger partial charge in [-0.2, -0.15) is 0 Å². The number of pyridine rings is 1. The molecule has 1 aromatic heterocycles. The maximum Gasteiger partial charge on any atom is 0.253 e. The van der Waals surface area contributed by atoms with Gasteiger partial charge >= 0.3 is 0 Å². The number of hydrogen-bond acceptors (Lipinski definition) is 4. The van der Waals surface area contributed by atoms with Crippen LogP contribution in [0.1, 0.15) is 41.7 Å². The van der Waals surface area contributed by atoms with E-state index in [0.29, 0.717) is 17.8 Å². The number of nitrogens with one attached hydrogen (secondary N) is 1. The highest BCUT2D eigenvalue weighted by atomic mass is 16.5. The third-order valence-corrected chi connectivity index (χ3v) is 4.57. The zero-order chi connectivity index (χ0) is 16.4. The summed E-state index contributed by atoms with van der Waals surface area (Å²) in [5.41, 5.74) is 1.26. The molecule has 1 aliphatic carbocycles. The third-order valence-electron chi connectivity index (χ3n) is 4.57. The number of hydrogen-bond donors (Lipinski definition) is 2. The Morgan fingerprint density at radius 1 is 1.35 bits per heavy atom. The van der Waals surface area contributed by atoms with Crippen LogP contribution in [0, 0.1) is 6.92 Å². The molecule has 2 aromatic rings. The van der Waals surface area contributed by atoms with E-state index in [4.69, 9.17) is 4.74 Å². The van der Waals surface area contributed by atoms with Crippen molar-refractivity contribution in [3.63, 3.8) is 0 Å². The molecule has 0 saturated heterocycles. The normalized spacial score (nSPS) is 16.5. The monoisotopic (exact) mass is 314 g/mol. The van der Waals surface area contributed by atoms with Crippen molar-refractivity contribution >= 4 is 16.8 Å². The number of carbonyl (C=O) groups is 1. The third kappa shape index (κ3) is 3.29. The summed E-state index contributed by atoms with van der Waals surface area (Å²) >= 11 is 0. The fraction of sp³-hybridized carbons (Fsp3) is 0.444. The molecule has 1 fully saturated rings. The van der Waals surface area contributed by atoms with Gasteiger partial charge in [-0.1, -0.05) is 12.8 Å². The van der Waals surface area contributed by atoms with Gasteiger partial charge < -0.3 is 15.2 Å². The minimum atomic E-state index is -0.749. The fourth-order valence-corrected chi connectivity index (χ4v) is 3.15. The molecule has 0 atom stereocenters. The van der Waals surface area contributed by atoms with E-state index in [2.05, 4.69) is 10.3 Å². The van der Waals surface area contributed by atoms with Crippen molar-refractivity contribution < 1.29 is 14.6 Å². The number of benzene rings is 1. The Morgan fingerprint density at radius 2 is 2.09 bits per heavy atom. The summed E-state index contributed by atoms with van der Waals surface area (Å²) in [6, 6.07) is 7.43. The van der Waals surface area contributed by atoms with Crippen LogP contribution >= 0.6 is 0 Å². The largest absolute Gasteiger partial charge is 0.497 e. The van der Waals surface area contributed by atoms with Gasteiger partial charge in [-0.3, -0.25) is 9.78 Å². The second-order valence-corrected chi connectivity index (χ2v) is 6.29. The Morgan fingerprint density at radius 3 is 2.78 bits per heavy atom. The molecule has 5 heteroatoms. The molecule has 0 bridgehead atoms. The van der Waals surface area contributed by atoms with Crippen LogP contribution < -0.4 is 10.1 Å². The zero-order valence-corrected chi connectivity index (χ0v) is 13.6. The van der Waals surface area contributed by atoms with E-state index in [0.717, 1.165) is 42.3 Å². The van der Waals surface area contributed by atoms with Crippen LogP contribution in [0.4, 0.5) is 0 Å². The van der Waals surface area contributed by atoms with E-state index in [1.165, 1.54) is 0 Å². The lowest BCUT2D eigenvalue weighted by Crippen LogP contribution is -2.41. The van der Waals surface area contributed by atoms with E-state index in [1.54, 1.807) is 7.11 Å². The van der Waals surface area contributed by atoms with Crippen molar-refractivity contribution in [3.8, 4) is 5.75 Å². The fourth-order valence-electron chi connectivity index (χ4n) is 3.15. The van der Waals surface area contributed by atoms with Crippen LogP contribution in [0.5, 0.6) is 5.75 Å². The number of methoxy groups -OCH3 is 1. The second-order valence-electron chi connectivity index (χ2n) is 6.29. The predicted octanol–water partition coefficient (Wildman–Crippen LogP) is 2.59. The number of carbonyl (C=O) groups excluding carboxylic acids is 1. The van der Waals surface area contributed by atoms with E-state index < -0.39 is 5.60 Å². The molecule has 0 aliphatic heterocycles. The number of rotatable bonds is 4. The lowest BCUT2D eigenvalue weighted by atomic mass is 10.0. The number of aromatic nitrogens is 1. The summed E-state index contributed by atoms with van der Waals surface area (Å²) in [5.74, 6) is 0.554. The Labute approximate surface area is 135 Å². The smallest absolute Gasteiger partial charge is 0.253 e. The minimum absolute atomic E-state index is 0.187. The van der Waals surface area contributed by atoms with Crippen LogP contribution in [-0.4, -0.2) is 35.3 Å². The minimum Gasteiger partial charge on any atom is -0.497 e. The Balaban J connectivity index is 1.81. The molecule has 0 unspecified atom stereocenters. The second kappa shape index (κ2) is 6.16. The van der Waals surface area contributed by atoms with Gasteiger partial charge in [0.2, 0.25) is 0 Å². The average Bonchev–Trinajstić information content (AvgIpc) is 2.98. The van der Waals surface area contributed by atoms with Gasteiger partial charge in [0.05, 0.1) is 29.5 Å². The molecule has 0 radical (unpaired) electrons. The topological polar surface area (TPSA) is 71.5 Å². The number of fused-ring (bicyclic) bond motifs is 1. The van der Waals surface area contributed by atoms with Crippen LogP contribution in [-0.2, 0) is 0 Å². The van der Waals surface area contributed by atoms with E-state index in [-0.39, 0.29) is 5.91 Å². The summed E-state index contributed by atoms with van der Waals surface area (Å²) in [6.07, 6.45) is 3.54. The number of aliphatic hydroxyl groups is 1. The van der Waals surface area contributed by atoms with Gasteiger partial charge in [0, 0.05) is 18.0 Å². The molecule has 122 valence electrons. The Bertz CT molecular complexity index is 736. The van der Waals surface area contributed by atoms with Gasteiger partial charge in [0.25, 0.3) is 5.91 Å². The number of ether oxygens (including phenoxy) is 1. The molecule has 3 rings (SSSR count). The molecule has 1 heterocycles. The van der Waals surface area contributed by atoms with Crippen LogP contribution in [0.15, 0.2) is 24.3 Å². The average molecular weight is 314 g/mol. The maximum absolute atomic E-state index is 12.4. The standard InChI is InChI=1S/C18H22N2O3/c1-12-15(17(21)19-11-18(22)7-3-4-8-18)9-13-5-6-14(23-2)10-16(13)20-12/h5-6,9-10,22H,3-4,7-8,11H2,1-2H3,(H,19,21). The molecule has 1 aromatic carbocycles. The van der Waals surface area contributed by atoms with E-state index in [9.17, 15) is 9.90 Å². The number of aryl methyl sites for hydroxylation is 1. The van der Waals surface area contributed by atoms with Gasteiger partial charge in [0.15, 0.2) is 0 Å². The van der Waals surface area contributed by atoms with Crippen molar-refractivity contribution in [2.45, 2.75) is 38.2 Å². The molecular formula is C18H22N2O3. The summed E-state index contributed by atoms with van der Waals surface area (Å²) in [4.78, 5) is 16.9. The highest BCUT2D eigenvalue weighted by Gasteiger charge is 2.31. The van der Waals surface area contributed by atoms with Crippen LogP contribution in [0.3, 0.4) is 0 Å². The first-order valence-corrected chi connectivity index (χ1v) is 7.97. The Hall–Kier alpha value is -2.14. The zero-order valence-electron chi connectivity index (χ0n) is 13.6. The van der Waals surface area contributed by atoms with Gasteiger partial charge in [0.1, 0.15) is 5.75 Å². The highest BCUT2D eigenvalue weighted by Crippen LogP contribution is 2.28. The summed E-state index contributed by atoms with van der Waals surface area (Å²) in [7, 11) is 1.61.